The molecule has 7 rings (SSSR count). The lowest BCUT2D eigenvalue weighted by molar-refractivity contribution is -0.136. The van der Waals surface area contributed by atoms with Gasteiger partial charge >= 0.3 is 0 Å². The smallest absolute Gasteiger partial charge is 0.262 e. The standard InChI is InChI=1S/C41H46N8O9/c1-46-21-32(28-9-11-44-18-31(28)39(46)52)24-15-35(55-2)33(36(16-24)56-3)22-47-13-10-27(20-47)58-23-25(42)19-48(43)12-4-14-57-26-5-6-29-30(17-26)41(54)49(40(29)53)34-7-8-37(50)45-38(34)51/h5-6,9,11,15-19,21,27,34H,4,7-8,10,12-14,20,22-23,42-43H2,1-3H3,(H,45,50,51)/b25-19-. The number of hydrogen-bond acceptors (Lipinski definition) is 14. The van der Waals surface area contributed by atoms with E-state index in [1.54, 1.807) is 50.5 Å². The van der Waals surface area contributed by atoms with Crippen molar-refractivity contribution >= 4 is 34.4 Å². The molecule has 0 radical (unpaired) electrons. The summed E-state index contributed by atoms with van der Waals surface area (Å²) in [4.78, 5) is 70.0. The Balaban J connectivity index is 0.876. The van der Waals surface area contributed by atoms with Crippen LogP contribution in [0.3, 0.4) is 0 Å². The molecule has 2 aromatic heterocycles. The molecule has 17 heteroatoms. The van der Waals surface area contributed by atoms with Gasteiger partial charge in [0.05, 0.1) is 61.3 Å². The van der Waals surface area contributed by atoms with Crippen molar-refractivity contribution in [3.63, 3.8) is 0 Å². The fraction of sp³-hybridized carbons (Fsp3) is 0.366. The van der Waals surface area contributed by atoms with Gasteiger partial charge < -0.3 is 34.3 Å². The maximum Gasteiger partial charge on any atom is 0.262 e. The van der Waals surface area contributed by atoms with Crippen LogP contribution in [-0.2, 0) is 27.9 Å². The molecular formula is C41H46N8O9. The highest BCUT2D eigenvalue weighted by Crippen LogP contribution is 2.38. The van der Waals surface area contributed by atoms with Gasteiger partial charge in [0, 0.05) is 76.4 Å². The van der Waals surface area contributed by atoms with E-state index in [0.717, 1.165) is 39.9 Å². The van der Waals surface area contributed by atoms with Gasteiger partial charge in [0.25, 0.3) is 17.4 Å². The van der Waals surface area contributed by atoms with E-state index in [0.29, 0.717) is 54.4 Å². The van der Waals surface area contributed by atoms with E-state index in [1.165, 1.54) is 17.1 Å². The van der Waals surface area contributed by atoms with Gasteiger partial charge in [0.2, 0.25) is 11.8 Å². The van der Waals surface area contributed by atoms with Gasteiger partial charge in [0.1, 0.15) is 23.3 Å². The van der Waals surface area contributed by atoms with E-state index in [1.807, 2.05) is 24.4 Å². The zero-order valence-corrected chi connectivity index (χ0v) is 32.6. The lowest BCUT2D eigenvalue weighted by atomic mass is 9.99. The van der Waals surface area contributed by atoms with Crippen LogP contribution in [0.4, 0.5) is 0 Å². The number of fused-ring (bicyclic) bond motifs is 2. The van der Waals surface area contributed by atoms with Crippen LogP contribution in [0.5, 0.6) is 17.2 Å². The molecule has 58 heavy (non-hydrogen) atoms. The molecule has 0 aliphatic carbocycles. The van der Waals surface area contributed by atoms with Crippen LogP contribution < -0.4 is 36.7 Å². The first kappa shape index (κ1) is 39.9. The van der Waals surface area contributed by atoms with Gasteiger partial charge in [-0.3, -0.25) is 44.1 Å². The molecule has 4 amide bonds. The molecule has 5 N–H and O–H groups in total. The summed E-state index contributed by atoms with van der Waals surface area (Å²) in [5.41, 5.74) is 9.56. The molecule has 2 fully saturated rings. The van der Waals surface area contributed by atoms with Crippen LogP contribution in [-0.4, -0.2) is 107 Å². The van der Waals surface area contributed by atoms with Gasteiger partial charge in [-0.15, -0.1) is 0 Å². The number of imide groups is 2. The van der Waals surface area contributed by atoms with Crippen LogP contribution >= 0.6 is 0 Å². The Labute approximate surface area is 334 Å². The number of nitrogens with zero attached hydrogens (tertiary/aromatic N) is 5. The number of methoxy groups -OCH3 is 2. The van der Waals surface area contributed by atoms with Gasteiger partial charge in [-0.1, -0.05) is 0 Å². The summed E-state index contributed by atoms with van der Waals surface area (Å²) in [6, 6.07) is 9.33. The number of nitrogens with two attached hydrogens (primary N) is 2. The highest BCUT2D eigenvalue weighted by atomic mass is 16.5. The van der Waals surface area contributed by atoms with Crippen LogP contribution in [0.1, 0.15) is 52.0 Å². The van der Waals surface area contributed by atoms with Crippen LogP contribution in [0.2, 0.25) is 0 Å². The molecule has 0 bridgehead atoms. The summed E-state index contributed by atoms with van der Waals surface area (Å²) in [7, 11) is 4.98. The molecule has 2 atom stereocenters. The number of hydrazine groups is 1. The molecule has 0 spiro atoms. The van der Waals surface area contributed by atoms with Gasteiger partial charge in [-0.05, 0) is 60.2 Å². The minimum atomic E-state index is -1.03. The molecule has 17 nitrogen and oxygen atoms in total. The summed E-state index contributed by atoms with van der Waals surface area (Å²) in [5.74, 6) is 5.65. The number of aryl methyl sites for hydroxylation is 1. The Morgan fingerprint density at radius 2 is 1.74 bits per heavy atom. The topological polar surface area (TPSA) is 214 Å². The fourth-order valence-corrected chi connectivity index (χ4v) is 7.64. The summed E-state index contributed by atoms with van der Waals surface area (Å²) >= 11 is 0. The first-order valence-electron chi connectivity index (χ1n) is 18.9. The number of pyridine rings is 2. The van der Waals surface area contributed by atoms with E-state index in [-0.39, 0.29) is 48.8 Å². The molecule has 4 aromatic rings. The molecule has 0 saturated carbocycles. The molecule has 2 saturated heterocycles. The molecule has 3 aliphatic rings. The highest BCUT2D eigenvalue weighted by molar-refractivity contribution is 6.23. The van der Waals surface area contributed by atoms with Crippen LogP contribution in [0.15, 0.2) is 71.7 Å². The molecule has 3 aliphatic heterocycles. The highest BCUT2D eigenvalue weighted by Gasteiger charge is 2.44. The van der Waals surface area contributed by atoms with Gasteiger partial charge in [-0.2, -0.15) is 0 Å². The summed E-state index contributed by atoms with van der Waals surface area (Å²) in [5, 5.41) is 4.98. The SMILES string of the molecule is COc1cc(-c2cn(C)c(=O)c3cnccc23)cc(OC)c1CN1CCC(OC/C(N)=C/N(N)CCCOc2ccc3c(c2)C(=O)N(C2CCC(=O)NC2=O)C3=O)C1. The van der Waals surface area contributed by atoms with E-state index in [4.69, 9.17) is 30.5 Å². The largest absolute Gasteiger partial charge is 0.496 e. The number of nitrogens with one attached hydrogen (secondary N) is 1. The average Bonchev–Trinajstić information content (AvgIpc) is 3.77. The second-order valence-corrected chi connectivity index (χ2v) is 14.5. The predicted octanol–water partition coefficient (Wildman–Crippen LogP) is 2.05. The van der Waals surface area contributed by atoms with Crippen molar-refractivity contribution < 1.29 is 38.1 Å². The minimum Gasteiger partial charge on any atom is -0.496 e. The van der Waals surface area contributed by atoms with E-state index in [9.17, 15) is 24.0 Å². The number of likely N-dealkylation sites (tertiary alicyclic amines) is 1. The molecule has 2 aromatic carbocycles. The van der Waals surface area contributed by atoms with Crippen molar-refractivity contribution in [1.82, 2.24) is 29.7 Å². The van der Waals surface area contributed by atoms with Crippen molar-refractivity contribution in [1.29, 1.82) is 0 Å². The van der Waals surface area contributed by atoms with Gasteiger partial charge in [-0.25, -0.2) is 5.84 Å². The summed E-state index contributed by atoms with van der Waals surface area (Å²) in [6.07, 6.45) is 8.13. The molecule has 2 unspecified atom stereocenters. The zero-order chi connectivity index (χ0) is 41.1. The van der Waals surface area contributed by atoms with Crippen LogP contribution in [0, 0.1) is 0 Å². The normalized spacial score (nSPS) is 18.5. The number of aromatic nitrogens is 2. The van der Waals surface area contributed by atoms with E-state index >= 15 is 0 Å². The third-order valence-electron chi connectivity index (χ3n) is 10.6. The maximum absolute atomic E-state index is 13.1. The lowest BCUT2D eigenvalue weighted by Gasteiger charge is -2.27. The van der Waals surface area contributed by atoms with E-state index in [2.05, 4.69) is 15.2 Å². The Morgan fingerprint density at radius 3 is 2.48 bits per heavy atom. The number of carbonyl (C=O) groups excluding carboxylic acids is 4. The number of piperidine rings is 1. The Kier molecular flexibility index (Phi) is 11.7. The predicted molar refractivity (Wildman–Crippen MR) is 212 cm³/mol. The lowest BCUT2D eigenvalue weighted by Crippen LogP contribution is -2.54. The third-order valence-corrected chi connectivity index (χ3v) is 10.6. The number of rotatable bonds is 15. The molecule has 304 valence electrons. The number of amides is 4. The second-order valence-electron chi connectivity index (χ2n) is 14.5. The molecular weight excluding hydrogens is 748 g/mol. The average molecular weight is 795 g/mol. The van der Waals surface area contributed by atoms with Crippen molar-refractivity contribution in [2.24, 2.45) is 18.6 Å². The number of carbonyl (C=O) groups is 4. The van der Waals surface area contributed by atoms with Crippen LogP contribution in [0.25, 0.3) is 21.9 Å². The van der Waals surface area contributed by atoms with Crippen molar-refractivity contribution in [3.8, 4) is 28.4 Å². The first-order valence-corrected chi connectivity index (χ1v) is 18.9. The Morgan fingerprint density at radius 1 is 0.983 bits per heavy atom. The third kappa shape index (κ3) is 8.23. The summed E-state index contributed by atoms with van der Waals surface area (Å²) in [6.45, 7) is 2.95. The van der Waals surface area contributed by atoms with Crippen molar-refractivity contribution in [2.75, 3.05) is 47.1 Å². The number of ether oxygens (including phenoxy) is 4. The number of benzene rings is 2. The first-order chi connectivity index (χ1) is 27.9. The quantitative estimate of drug-likeness (QED) is 0.0681. The fourth-order valence-electron chi connectivity index (χ4n) is 7.64. The van der Waals surface area contributed by atoms with Gasteiger partial charge in [0.15, 0.2) is 0 Å². The Hall–Kier alpha value is -6.30. The Bertz CT molecular complexity index is 2340. The number of hydrogen-bond donors (Lipinski definition) is 3. The maximum atomic E-state index is 13.1. The van der Waals surface area contributed by atoms with E-state index < -0.39 is 29.7 Å². The summed E-state index contributed by atoms with van der Waals surface area (Å²) < 4.78 is 25.3. The molecule has 5 heterocycles. The minimum absolute atomic E-state index is 0.0426. The second kappa shape index (κ2) is 17.1. The zero-order valence-electron chi connectivity index (χ0n) is 32.6. The monoisotopic (exact) mass is 794 g/mol. The van der Waals surface area contributed by atoms with Crippen molar-refractivity contribution in [3.05, 3.63) is 93.9 Å². The van der Waals surface area contributed by atoms with Crippen molar-refractivity contribution in [2.45, 2.75) is 44.4 Å².